The zero-order chi connectivity index (χ0) is 26.0. The van der Waals surface area contributed by atoms with E-state index in [1.807, 2.05) is 45.0 Å². The predicted molar refractivity (Wildman–Crippen MR) is 142 cm³/mol. The molecule has 1 atom stereocenters. The molecule has 2 aromatic rings. The topological polar surface area (TPSA) is 86.8 Å². The van der Waals surface area contributed by atoms with E-state index in [4.69, 9.17) is 11.6 Å². The zero-order valence-corrected chi connectivity index (χ0v) is 22.5. The number of sulfonamides is 1. The monoisotopic (exact) mass is 521 g/mol. The van der Waals surface area contributed by atoms with Crippen molar-refractivity contribution in [2.45, 2.75) is 59.0 Å². The Morgan fingerprint density at radius 1 is 1.03 bits per heavy atom. The second-order valence-corrected chi connectivity index (χ2v) is 11.0. The van der Waals surface area contributed by atoms with Crippen molar-refractivity contribution in [3.05, 3.63) is 64.7 Å². The molecule has 0 fully saturated rings. The van der Waals surface area contributed by atoms with Gasteiger partial charge in [0.25, 0.3) is 0 Å². The van der Waals surface area contributed by atoms with Crippen LogP contribution in [-0.4, -0.2) is 50.5 Å². The number of aryl methyl sites for hydroxylation is 1. The van der Waals surface area contributed by atoms with Crippen molar-refractivity contribution in [2.24, 2.45) is 0 Å². The van der Waals surface area contributed by atoms with Crippen LogP contribution >= 0.6 is 11.6 Å². The lowest BCUT2D eigenvalue weighted by Crippen LogP contribution is -2.49. The van der Waals surface area contributed by atoms with Crippen molar-refractivity contribution < 1.29 is 18.0 Å². The summed E-state index contributed by atoms with van der Waals surface area (Å²) in [6, 6.07) is 13.8. The third-order valence-corrected chi connectivity index (χ3v) is 7.12. The summed E-state index contributed by atoms with van der Waals surface area (Å²) >= 11 is 6.00. The van der Waals surface area contributed by atoms with E-state index >= 15 is 0 Å². The number of benzene rings is 2. The second-order valence-electron chi connectivity index (χ2n) is 8.64. The number of halogens is 1. The molecule has 0 heterocycles. The molecule has 0 saturated heterocycles. The van der Waals surface area contributed by atoms with Gasteiger partial charge in [-0.3, -0.25) is 13.9 Å². The van der Waals surface area contributed by atoms with Gasteiger partial charge in [-0.25, -0.2) is 8.42 Å². The number of carbonyl (C=O) groups excluding carboxylic acids is 2. The summed E-state index contributed by atoms with van der Waals surface area (Å²) in [7, 11) is -3.51. The Balaban J connectivity index is 2.18. The molecule has 192 valence electrons. The smallest absolute Gasteiger partial charge is 0.242 e. The van der Waals surface area contributed by atoms with Crippen LogP contribution in [0.3, 0.4) is 0 Å². The molecular weight excluding hydrogens is 486 g/mol. The van der Waals surface area contributed by atoms with E-state index in [0.717, 1.165) is 23.8 Å². The molecule has 35 heavy (non-hydrogen) atoms. The molecule has 0 radical (unpaired) electrons. The third-order valence-electron chi connectivity index (χ3n) is 5.68. The fourth-order valence-electron chi connectivity index (χ4n) is 3.79. The van der Waals surface area contributed by atoms with E-state index in [-0.39, 0.29) is 31.3 Å². The normalized spacial score (nSPS) is 12.1. The van der Waals surface area contributed by atoms with E-state index in [2.05, 4.69) is 5.32 Å². The summed E-state index contributed by atoms with van der Waals surface area (Å²) in [5.41, 5.74) is 2.46. The molecule has 7 nitrogen and oxygen atoms in total. The van der Waals surface area contributed by atoms with Crippen LogP contribution in [0.4, 0.5) is 5.69 Å². The molecule has 0 bridgehead atoms. The molecule has 0 spiro atoms. The number of carbonyl (C=O) groups is 2. The lowest BCUT2D eigenvalue weighted by atomic mass is 10.1. The second kappa shape index (κ2) is 13.5. The lowest BCUT2D eigenvalue weighted by Gasteiger charge is -2.31. The minimum Gasteiger partial charge on any atom is -0.354 e. The SMILES string of the molecule is CCCNC(=O)C(CC)N(Cc1ccc(Cl)cc1)C(=O)CCCN(c1ccc(C)cc1)S(C)(=O)=O. The molecule has 0 aliphatic heterocycles. The summed E-state index contributed by atoms with van der Waals surface area (Å²) in [5, 5.41) is 3.49. The van der Waals surface area contributed by atoms with Crippen molar-refractivity contribution >= 4 is 39.1 Å². The fraction of sp³-hybridized carbons (Fsp3) is 0.462. The number of anilines is 1. The average molecular weight is 522 g/mol. The highest BCUT2D eigenvalue weighted by molar-refractivity contribution is 7.92. The molecule has 1 unspecified atom stereocenters. The molecule has 1 N–H and O–H groups in total. The van der Waals surface area contributed by atoms with E-state index in [9.17, 15) is 18.0 Å². The van der Waals surface area contributed by atoms with Gasteiger partial charge in [0.05, 0.1) is 11.9 Å². The maximum Gasteiger partial charge on any atom is 0.242 e. The Morgan fingerprint density at radius 2 is 1.66 bits per heavy atom. The number of amides is 2. The van der Waals surface area contributed by atoms with Gasteiger partial charge in [-0.05, 0) is 56.0 Å². The number of nitrogens with one attached hydrogen (secondary N) is 1. The van der Waals surface area contributed by atoms with Crippen LogP contribution in [0.5, 0.6) is 0 Å². The van der Waals surface area contributed by atoms with Gasteiger partial charge in [0, 0.05) is 31.1 Å². The van der Waals surface area contributed by atoms with E-state index in [1.165, 1.54) is 4.31 Å². The van der Waals surface area contributed by atoms with E-state index in [0.29, 0.717) is 30.1 Å². The highest BCUT2D eigenvalue weighted by atomic mass is 35.5. The van der Waals surface area contributed by atoms with Gasteiger partial charge >= 0.3 is 0 Å². The van der Waals surface area contributed by atoms with Crippen LogP contribution in [0.15, 0.2) is 48.5 Å². The Bertz CT molecular complexity index is 1070. The molecule has 2 amide bonds. The maximum absolute atomic E-state index is 13.4. The quantitative estimate of drug-likeness (QED) is 0.419. The van der Waals surface area contributed by atoms with E-state index in [1.54, 1.807) is 29.2 Å². The first-order valence-corrected chi connectivity index (χ1v) is 14.2. The molecular formula is C26H36ClN3O4S. The highest BCUT2D eigenvalue weighted by Gasteiger charge is 2.28. The fourth-order valence-corrected chi connectivity index (χ4v) is 4.88. The number of hydrogen-bond acceptors (Lipinski definition) is 4. The van der Waals surface area contributed by atoms with Crippen LogP contribution in [0.25, 0.3) is 0 Å². The van der Waals surface area contributed by atoms with Gasteiger partial charge in [-0.2, -0.15) is 0 Å². The highest BCUT2D eigenvalue weighted by Crippen LogP contribution is 2.20. The number of hydrogen-bond donors (Lipinski definition) is 1. The van der Waals surface area contributed by atoms with Gasteiger partial charge in [-0.1, -0.05) is 55.3 Å². The van der Waals surface area contributed by atoms with Gasteiger partial charge in [0.15, 0.2) is 0 Å². The molecule has 2 rings (SSSR count). The maximum atomic E-state index is 13.4. The summed E-state index contributed by atoms with van der Waals surface area (Å²) in [4.78, 5) is 27.8. The lowest BCUT2D eigenvalue weighted by molar-refractivity contribution is -0.141. The molecule has 0 aromatic heterocycles. The van der Waals surface area contributed by atoms with Crippen molar-refractivity contribution in [1.29, 1.82) is 0 Å². The van der Waals surface area contributed by atoms with Crippen molar-refractivity contribution in [2.75, 3.05) is 23.7 Å². The number of nitrogens with zero attached hydrogens (tertiary/aromatic N) is 2. The minimum atomic E-state index is -3.51. The Labute approximate surface area is 214 Å². The van der Waals surface area contributed by atoms with Crippen LogP contribution in [0, 0.1) is 6.92 Å². The van der Waals surface area contributed by atoms with Crippen LogP contribution in [0.1, 0.15) is 50.7 Å². The predicted octanol–water partition coefficient (Wildman–Crippen LogP) is 4.53. The average Bonchev–Trinajstić information content (AvgIpc) is 2.81. The molecule has 9 heteroatoms. The molecule has 0 aliphatic rings. The van der Waals surface area contributed by atoms with Crippen LogP contribution in [0.2, 0.25) is 5.02 Å². The van der Waals surface area contributed by atoms with Crippen LogP contribution in [-0.2, 0) is 26.2 Å². The summed E-state index contributed by atoms with van der Waals surface area (Å²) in [6.07, 6.45) is 2.86. The minimum absolute atomic E-state index is 0.114. The van der Waals surface area contributed by atoms with Gasteiger partial charge in [-0.15, -0.1) is 0 Å². The first kappa shape index (κ1) is 28.7. The van der Waals surface area contributed by atoms with Crippen molar-refractivity contribution in [3.8, 4) is 0 Å². The first-order valence-electron chi connectivity index (χ1n) is 11.9. The van der Waals surface area contributed by atoms with Gasteiger partial charge in [0.1, 0.15) is 6.04 Å². The third kappa shape index (κ3) is 8.85. The number of rotatable bonds is 13. The largest absolute Gasteiger partial charge is 0.354 e. The van der Waals surface area contributed by atoms with Gasteiger partial charge < -0.3 is 10.2 Å². The zero-order valence-electron chi connectivity index (χ0n) is 21.0. The van der Waals surface area contributed by atoms with Crippen molar-refractivity contribution in [3.63, 3.8) is 0 Å². The van der Waals surface area contributed by atoms with E-state index < -0.39 is 16.1 Å². The summed E-state index contributed by atoms with van der Waals surface area (Å²) < 4.78 is 26.1. The molecule has 0 saturated carbocycles. The summed E-state index contributed by atoms with van der Waals surface area (Å²) in [5.74, 6) is -0.384. The molecule has 0 aliphatic carbocycles. The summed E-state index contributed by atoms with van der Waals surface area (Å²) in [6.45, 7) is 6.76. The first-order chi connectivity index (χ1) is 16.6. The Hall–Kier alpha value is -2.58. The van der Waals surface area contributed by atoms with Crippen molar-refractivity contribution in [1.82, 2.24) is 10.2 Å². The standard InChI is InChI=1S/C26H36ClN3O4S/c1-5-17-28-26(32)24(6-2)29(19-21-11-13-22(27)14-12-21)25(31)8-7-18-30(35(4,33)34)23-15-9-20(3)10-16-23/h9-16,24H,5-8,17-19H2,1-4H3,(H,28,32). The van der Waals surface area contributed by atoms with Gasteiger partial charge in [0.2, 0.25) is 21.8 Å². The Morgan fingerprint density at radius 3 is 2.20 bits per heavy atom. The van der Waals surface area contributed by atoms with Crippen LogP contribution < -0.4 is 9.62 Å². The molecule has 2 aromatic carbocycles. The Kier molecular flexibility index (Phi) is 11.0.